The molecule has 1 fully saturated rings. The molecule has 1 aliphatic rings. The third kappa shape index (κ3) is 4.03. The first kappa shape index (κ1) is 14.0. The van der Waals surface area contributed by atoms with Crippen molar-refractivity contribution in [3.05, 3.63) is 48.2 Å². The first-order chi connectivity index (χ1) is 9.16. The number of nitrogens with zero attached hydrogens (tertiary/aromatic N) is 2. The summed E-state index contributed by atoms with van der Waals surface area (Å²) < 4.78 is 0. The summed E-state index contributed by atoms with van der Waals surface area (Å²) in [5.41, 5.74) is 3.49. The van der Waals surface area contributed by atoms with Gasteiger partial charge in [0.1, 0.15) is 0 Å². The Labute approximate surface area is 116 Å². The second-order valence-corrected chi connectivity index (χ2v) is 5.49. The van der Waals surface area contributed by atoms with Crippen LogP contribution in [0.3, 0.4) is 0 Å². The highest BCUT2D eigenvalue weighted by Crippen LogP contribution is 2.21. The molecule has 19 heavy (non-hydrogen) atoms. The molecule has 2 rings (SSSR count). The summed E-state index contributed by atoms with van der Waals surface area (Å²) in [7, 11) is 2.18. The zero-order valence-corrected chi connectivity index (χ0v) is 12.1. The summed E-state index contributed by atoms with van der Waals surface area (Å²) in [4.78, 5) is 7.11. The second-order valence-electron chi connectivity index (χ2n) is 5.49. The molecule has 1 aromatic rings. The molecule has 0 saturated carbocycles. The van der Waals surface area contributed by atoms with Crippen molar-refractivity contribution in [1.29, 1.82) is 0 Å². The Kier molecular flexibility index (Phi) is 4.92. The molecule has 1 atom stereocenters. The van der Waals surface area contributed by atoms with Crippen LogP contribution in [0.1, 0.15) is 31.7 Å². The lowest BCUT2D eigenvalue weighted by Gasteiger charge is -2.32. The van der Waals surface area contributed by atoms with Crippen LogP contribution in [-0.4, -0.2) is 30.2 Å². The largest absolute Gasteiger partial charge is 0.298 e. The van der Waals surface area contributed by atoms with E-state index >= 15 is 0 Å². The molecule has 0 bridgehead atoms. The van der Waals surface area contributed by atoms with Crippen LogP contribution in [0, 0.1) is 0 Å². The maximum atomic E-state index is 4.73. The van der Waals surface area contributed by atoms with Crippen molar-refractivity contribution in [2.24, 2.45) is 4.99 Å². The summed E-state index contributed by atoms with van der Waals surface area (Å²) in [6.45, 7) is 7.44. The molecule has 1 heterocycles. The zero-order valence-electron chi connectivity index (χ0n) is 12.1. The molecule has 2 heteroatoms. The molecule has 0 spiro atoms. The molecule has 0 unspecified atom stereocenters. The molecule has 0 aromatic heterocycles. The zero-order chi connectivity index (χ0) is 13.7. The van der Waals surface area contributed by atoms with Crippen LogP contribution in [0.15, 0.2) is 47.6 Å². The highest BCUT2D eigenvalue weighted by Gasteiger charge is 2.21. The van der Waals surface area contributed by atoms with Gasteiger partial charge in [-0.05, 0) is 38.9 Å². The minimum atomic E-state index is 0.430. The van der Waals surface area contributed by atoms with Crippen LogP contribution < -0.4 is 0 Å². The van der Waals surface area contributed by atoms with Crippen molar-refractivity contribution in [3.8, 4) is 0 Å². The average molecular weight is 256 g/mol. The van der Waals surface area contributed by atoms with Crippen LogP contribution in [0.2, 0.25) is 0 Å². The lowest BCUT2D eigenvalue weighted by Crippen LogP contribution is -2.37. The Hall–Kier alpha value is -1.41. The van der Waals surface area contributed by atoms with Crippen LogP contribution in [0.5, 0.6) is 0 Å². The van der Waals surface area contributed by atoms with E-state index in [1.54, 1.807) is 0 Å². The van der Waals surface area contributed by atoms with E-state index < -0.39 is 0 Å². The van der Waals surface area contributed by atoms with E-state index in [9.17, 15) is 0 Å². The standard InChI is InChI=1S/C17H24N2/c1-14(13-16-9-5-4-6-10-16)18-15(2)17-11-7-8-12-19(17)3/h4-6,9-10,17H,2,7-8,11-13H2,1,3H3/t17-/m0/s1. The van der Waals surface area contributed by atoms with Gasteiger partial charge in [-0.15, -0.1) is 0 Å². The van der Waals surface area contributed by atoms with E-state index in [1.807, 2.05) is 6.07 Å². The maximum Gasteiger partial charge on any atom is 0.0511 e. The Morgan fingerprint density at radius 2 is 2.05 bits per heavy atom. The van der Waals surface area contributed by atoms with Crippen molar-refractivity contribution >= 4 is 5.71 Å². The van der Waals surface area contributed by atoms with Crippen LogP contribution in [0.25, 0.3) is 0 Å². The van der Waals surface area contributed by atoms with Gasteiger partial charge in [-0.25, -0.2) is 0 Å². The van der Waals surface area contributed by atoms with E-state index in [4.69, 9.17) is 4.99 Å². The molecular weight excluding hydrogens is 232 g/mol. The van der Waals surface area contributed by atoms with Crippen LogP contribution in [0.4, 0.5) is 0 Å². The number of hydrogen-bond donors (Lipinski definition) is 0. The fourth-order valence-corrected chi connectivity index (χ4v) is 2.75. The smallest absolute Gasteiger partial charge is 0.0511 e. The molecule has 0 N–H and O–H groups in total. The Morgan fingerprint density at radius 1 is 1.32 bits per heavy atom. The second kappa shape index (κ2) is 6.67. The molecule has 0 amide bonds. The Morgan fingerprint density at radius 3 is 2.74 bits per heavy atom. The first-order valence-electron chi connectivity index (χ1n) is 7.14. The number of hydrogen-bond acceptors (Lipinski definition) is 2. The lowest BCUT2D eigenvalue weighted by molar-refractivity contribution is 0.212. The molecule has 102 valence electrons. The molecule has 1 aliphatic heterocycles. The van der Waals surface area contributed by atoms with Gasteiger partial charge < -0.3 is 0 Å². The number of likely N-dealkylation sites (tertiary alicyclic amines) is 1. The molecule has 0 aliphatic carbocycles. The van der Waals surface area contributed by atoms with Gasteiger partial charge in [0.05, 0.1) is 11.7 Å². The van der Waals surface area contributed by atoms with E-state index in [-0.39, 0.29) is 0 Å². The van der Waals surface area contributed by atoms with E-state index in [2.05, 4.69) is 49.7 Å². The number of likely N-dealkylation sites (N-methyl/N-ethyl adjacent to an activating group) is 1. The molecular formula is C17H24N2. The topological polar surface area (TPSA) is 15.6 Å². The average Bonchev–Trinajstić information content (AvgIpc) is 2.40. The fraction of sp³-hybridized carbons (Fsp3) is 0.471. The predicted molar refractivity (Wildman–Crippen MR) is 82.7 cm³/mol. The van der Waals surface area contributed by atoms with Gasteiger partial charge in [0, 0.05) is 12.1 Å². The van der Waals surface area contributed by atoms with Crippen molar-refractivity contribution in [2.75, 3.05) is 13.6 Å². The summed E-state index contributed by atoms with van der Waals surface area (Å²) in [6.07, 6.45) is 4.70. The van der Waals surface area contributed by atoms with Crippen LogP contribution >= 0.6 is 0 Å². The lowest BCUT2D eigenvalue weighted by atomic mass is 10.0. The SMILES string of the molecule is C=C(N=C(C)Cc1ccccc1)[C@@H]1CCCCN1C. The normalized spacial score (nSPS) is 21.4. The van der Waals surface area contributed by atoms with Gasteiger partial charge in [-0.2, -0.15) is 0 Å². The highest BCUT2D eigenvalue weighted by atomic mass is 15.1. The summed E-state index contributed by atoms with van der Waals surface area (Å²) in [5, 5.41) is 0. The molecule has 1 aromatic carbocycles. The highest BCUT2D eigenvalue weighted by molar-refractivity contribution is 5.85. The van der Waals surface area contributed by atoms with Crippen molar-refractivity contribution < 1.29 is 0 Å². The van der Waals surface area contributed by atoms with Gasteiger partial charge in [-0.3, -0.25) is 9.89 Å². The third-order valence-electron chi connectivity index (χ3n) is 3.79. The maximum absolute atomic E-state index is 4.73. The number of aliphatic imine (C=N–C) groups is 1. The summed E-state index contributed by atoms with van der Waals surface area (Å²) in [5.74, 6) is 0. The molecule has 2 nitrogen and oxygen atoms in total. The minimum absolute atomic E-state index is 0.430. The molecule has 0 radical (unpaired) electrons. The predicted octanol–water partition coefficient (Wildman–Crippen LogP) is 3.69. The molecule has 1 saturated heterocycles. The number of piperidine rings is 1. The van der Waals surface area contributed by atoms with Crippen molar-refractivity contribution in [3.63, 3.8) is 0 Å². The summed E-state index contributed by atoms with van der Waals surface area (Å²) >= 11 is 0. The Balaban J connectivity index is 1.98. The third-order valence-corrected chi connectivity index (χ3v) is 3.79. The Bertz CT molecular complexity index is 448. The minimum Gasteiger partial charge on any atom is -0.298 e. The van der Waals surface area contributed by atoms with E-state index in [0.29, 0.717) is 6.04 Å². The monoisotopic (exact) mass is 256 g/mol. The van der Waals surface area contributed by atoms with E-state index in [0.717, 1.165) is 24.4 Å². The van der Waals surface area contributed by atoms with Crippen molar-refractivity contribution in [1.82, 2.24) is 4.90 Å². The quantitative estimate of drug-likeness (QED) is 0.750. The van der Waals surface area contributed by atoms with Crippen LogP contribution in [-0.2, 0) is 6.42 Å². The fourth-order valence-electron chi connectivity index (χ4n) is 2.75. The number of benzene rings is 1. The van der Waals surface area contributed by atoms with Gasteiger partial charge in [0.2, 0.25) is 0 Å². The van der Waals surface area contributed by atoms with Gasteiger partial charge in [0.15, 0.2) is 0 Å². The van der Waals surface area contributed by atoms with Gasteiger partial charge in [0.25, 0.3) is 0 Å². The van der Waals surface area contributed by atoms with Gasteiger partial charge in [-0.1, -0.05) is 43.3 Å². The van der Waals surface area contributed by atoms with Crippen molar-refractivity contribution in [2.45, 2.75) is 38.6 Å². The summed E-state index contributed by atoms with van der Waals surface area (Å²) in [6, 6.07) is 10.9. The van der Waals surface area contributed by atoms with Gasteiger partial charge >= 0.3 is 0 Å². The van der Waals surface area contributed by atoms with E-state index in [1.165, 1.54) is 24.8 Å². The number of rotatable bonds is 4. The first-order valence-corrected chi connectivity index (χ1v) is 7.14.